The maximum Gasteiger partial charge on any atom is 0.255 e. The van der Waals surface area contributed by atoms with Gasteiger partial charge in [0.1, 0.15) is 17.1 Å². The number of nitrogens with zero attached hydrogens (tertiary/aromatic N) is 5. The summed E-state index contributed by atoms with van der Waals surface area (Å²) >= 11 is 0. The summed E-state index contributed by atoms with van der Waals surface area (Å²) in [6, 6.07) is 18.2. The third-order valence-corrected chi connectivity index (χ3v) is 6.55. The zero-order valence-corrected chi connectivity index (χ0v) is 21.1. The molecule has 5 aromatic heterocycles. The molecule has 0 radical (unpaired) electrons. The van der Waals surface area contributed by atoms with Crippen molar-refractivity contribution in [1.82, 2.24) is 35.1 Å². The normalized spacial score (nSPS) is 11.2. The molecule has 0 atom stereocenters. The number of phenolic OH excluding ortho intramolecular Hbond substituents is 1. The number of phenols is 1. The highest BCUT2D eigenvalue weighted by Crippen LogP contribution is 2.33. The van der Waals surface area contributed by atoms with Crippen LogP contribution in [0.5, 0.6) is 5.75 Å². The van der Waals surface area contributed by atoms with Gasteiger partial charge in [-0.1, -0.05) is 18.2 Å². The lowest BCUT2D eigenvalue weighted by Gasteiger charge is -2.07. The summed E-state index contributed by atoms with van der Waals surface area (Å²) in [5, 5.41) is 20.2. The fourth-order valence-electron chi connectivity index (χ4n) is 4.65. The fourth-order valence-corrected chi connectivity index (χ4v) is 4.65. The topological polar surface area (TPSA) is 145 Å². The molecule has 2 aromatic carbocycles. The largest absolute Gasteiger partial charge is 0.508 e. The number of pyridine rings is 3. The van der Waals surface area contributed by atoms with Gasteiger partial charge in [-0.3, -0.25) is 19.9 Å². The van der Waals surface area contributed by atoms with Crippen molar-refractivity contribution in [2.75, 3.05) is 5.32 Å². The van der Waals surface area contributed by atoms with Crippen LogP contribution in [0.4, 0.5) is 10.1 Å². The van der Waals surface area contributed by atoms with Gasteiger partial charge in [-0.05, 0) is 48.0 Å². The summed E-state index contributed by atoms with van der Waals surface area (Å²) in [5.41, 5.74) is 6.28. The number of aromatic nitrogens is 7. The van der Waals surface area contributed by atoms with Crippen LogP contribution in [0, 0.1) is 5.82 Å². The van der Waals surface area contributed by atoms with E-state index in [0.29, 0.717) is 67.2 Å². The predicted molar refractivity (Wildman–Crippen MR) is 151 cm³/mol. The molecule has 10 nitrogen and oxygen atoms in total. The molecule has 0 saturated carbocycles. The van der Waals surface area contributed by atoms with E-state index < -0.39 is 5.82 Å². The number of aromatic hydroxyl groups is 1. The Bertz CT molecular complexity index is 2070. The molecular weight excluding hydrogens is 523 g/mol. The molecule has 4 N–H and O–H groups in total. The van der Waals surface area contributed by atoms with Crippen molar-refractivity contribution in [3.05, 3.63) is 103 Å². The Morgan fingerprint density at radius 2 is 1.68 bits per heavy atom. The second-order valence-corrected chi connectivity index (χ2v) is 9.31. The van der Waals surface area contributed by atoms with Crippen LogP contribution in [0.3, 0.4) is 0 Å². The SMILES string of the molecule is O=C(Nc1cncc(-c2ccc3[nH]nc(-c4nc5c(-c6cc(O)cc(F)c6)cncc5[nH]4)c3n2)c1)c1ccccc1. The minimum atomic E-state index is -0.569. The lowest BCUT2D eigenvalue weighted by atomic mass is 10.1. The highest BCUT2D eigenvalue weighted by Gasteiger charge is 2.18. The molecule has 5 heterocycles. The van der Waals surface area contributed by atoms with E-state index in [1.165, 1.54) is 12.1 Å². The number of hydrogen-bond acceptors (Lipinski definition) is 7. The Morgan fingerprint density at radius 1 is 0.829 bits per heavy atom. The molecule has 0 bridgehead atoms. The molecule has 11 heteroatoms. The van der Waals surface area contributed by atoms with E-state index >= 15 is 0 Å². The molecule has 198 valence electrons. The van der Waals surface area contributed by atoms with Crippen molar-refractivity contribution in [3.63, 3.8) is 0 Å². The molecule has 0 aliphatic heterocycles. The molecule has 0 saturated heterocycles. The van der Waals surface area contributed by atoms with Crippen molar-refractivity contribution in [2.45, 2.75) is 0 Å². The van der Waals surface area contributed by atoms with E-state index in [0.717, 1.165) is 6.07 Å². The predicted octanol–water partition coefficient (Wildman–Crippen LogP) is 5.72. The van der Waals surface area contributed by atoms with Crippen molar-refractivity contribution in [3.8, 4) is 39.7 Å². The molecule has 7 aromatic rings. The van der Waals surface area contributed by atoms with E-state index in [4.69, 9.17) is 9.97 Å². The Morgan fingerprint density at radius 3 is 2.54 bits per heavy atom. The smallest absolute Gasteiger partial charge is 0.255 e. The van der Waals surface area contributed by atoms with Crippen molar-refractivity contribution < 1.29 is 14.3 Å². The minimum Gasteiger partial charge on any atom is -0.508 e. The Balaban J connectivity index is 1.25. The van der Waals surface area contributed by atoms with Crippen molar-refractivity contribution in [2.24, 2.45) is 0 Å². The average molecular weight is 543 g/mol. The number of carbonyl (C=O) groups is 1. The molecule has 0 aliphatic rings. The number of imidazole rings is 1. The van der Waals surface area contributed by atoms with E-state index in [-0.39, 0.29) is 11.7 Å². The summed E-state index contributed by atoms with van der Waals surface area (Å²) in [4.78, 5) is 33.9. The van der Waals surface area contributed by atoms with Gasteiger partial charge in [-0.2, -0.15) is 5.10 Å². The molecular formula is C30H19FN8O2. The van der Waals surface area contributed by atoms with Crippen LogP contribution in [-0.4, -0.2) is 46.1 Å². The number of H-pyrrole nitrogens is 2. The van der Waals surface area contributed by atoms with Gasteiger partial charge < -0.3 is 15.4 Å². The van der Waals surface area contributed by atoms with Crippen molar-refractivity contribution >= 4 is 33.7 Å². The molecule has 0 unspecified atom stereocenters. The van der Waals surface area contributed by atoms with Crippen molar-refractivity contribution in [1.29, 1.82) is 0 Å². The van der Waals surface area contributed by atoms with Gasteiger partial charge in [0.05, 0.1) is 40.3 Å². The third-order valence-electron chi connectivity index (χ3n) is 6.55. The monoisotopic (exact) mass is 542 g/mol. The summed E-state index contributed by atoms with van der Waals surface area (Å²) < 4.78 is 14.0. The number of fused-ring (bicyclic) bond motifs is 2. The minimum absolute atomic E-state index is 0.194. The van der Waals surface area contributed by atoms with E-state index in [1.807, 2.05) is 18.2 Å². The molecule has 0 aliphatic carbocycles. The van der Waals surface area contributed by atoms with E-state index in [1.54, 1.807) is 55.1 Å². The first-order chi connectivity index (χ1) is 20.0. The van der Waals surface area contributed by atoms with Crippen LogP contribution in [0.1, 0.15) is 10.4 Å². The molecule has 0 fully saturated rings. The third kappa shape index (κ3) is 4.51. The van der Waals surface area contributed by atoms with Crippen LogP contribution in [-0.2, 0) is 0 Å². The van der Waals surface area contributed by atoms with Gasteiger partial charge in [0.2, 0.25) is 0 Å². The number of rotatable bonds is 5. The average Bonchev–Trinajstić information content (AvgIpc) is 3.61. The Labute approximate surface area is 231 Å². The summed E-state index contributed by atoms with van der Waals surface area (Å²) in [6.07, 6.45) is 6.42. The second kappa shape index (κ2) is 9.65. The zero-order valence-electron chi connectivity index (χ0n) is 21.1. The fraction of sp³-hybridized carbons (Fsp3) is 0. The number of benzene rings is 2. The highest BCUT2D eigenvalue weighted by atomic mass is 19.1. The Hall–Kier alpha value is -5.97. The standard InChI is InChI=1S/C30H19FN8O2/c31-19-8-17(10-21(40)11-19)22-14-33-15-25-26(22)37-29(36-25)28-27-24(38-39-28)7-6-23(35-27)18-9-20(13-32-12-18)34-30(41)16-4-2-1-3-5-16/h1-15,40H,(H,34,41)(H,36,37)(H,38,39). The number of nitrogens with one attached hydrogen (secondary N) is 3. The van der Waals surface area contributed by atoms with Gasteiger partial charge in [-0.15, -0.1) is 0 Å². The van der Waals surface area contributed by atoms with Crippen LogP contribution in [0.25, 0.3) is 56.0 Å². The van der Waals surface area contributed by atoms with Crippen LogP contribution < -0.4 is 5.32 Å². The maximum absolute atomic E-state index is 14.0. The van der Waals surface area contributed by atoms with Gasteiger partial charge >= 0.3 is 0 Å². The summed E-state index contributed by atoms with van der Waals surface area (Å²) in [7, 11) is 0. The van der Waals surface area contributed by atoms with Crippen LogP contribution >= 0.6 is 0 Å². The lowest BCUT2D eigenvalue weighted by molar-refractivity contribution is 0.102. The first-order valence-corrected chi connectivity index (χ1v) is 12.5. The van der Waals surface area contributed by atoms with E-state index in [2.05, 4.69) is 30.5 Å². The van der Waals surface area contributed by atoms with Crippen LogP contribution in [0.2, 0.25) is 0 Å². The zero-order chi connectivity index (χ0) is 27.9. The number of anilines is 1. The molecule has 41 heavy (non-hydrogen) atoms. The van der Waals surface area contributed by atoms with E-state index in [9.17, 15) is 14.3 Å². The first-order valence-electron chi connectivity index (χ1n) is 12.5. The van der Waals surface area contributed by atoms with Gasteiger partial charge in [0.25, 0.3) is 5.91 Å². The number of halogens is 1. The Kier molecular flexibility index (Phi) is 5.67. The number of aromatic amines is 2. The number of amides is 1. The molecule has 7 rings (SSSR count). The molecule has 1 amide bonds. The number of hydrogen-bond donors (Lipinski definition) is 4. The quantitative estimate of drug-likeness (QED) is 0.218. The van der Waals surface area contributed by atoms with Crippen LogP contribution in [0.15, 0.2) is 91.5 Å². The number of carbonyl (C=O) groups excluding carboxylic acids is 1. The molecule has 0 spiro atoms. The summed E-state index contributed by atoms with van der Waals surface area (Å²) in [6.45, 7) is 0. The maximum atomic E-state index is 14.0. The highest BCUT2D eigenvalue weighted by molar-refractivity contribution is 6.04. The summed E-state index contributed by atoms with van der Waals surface area (Å²) in [5.74, 6) is -0.563. The van der Waals surface area contributed by atoms with Gasteiger partial charge in [0, 0.05) is 35.2 Å². The second-order valence-electron chi connectivity index (χ2n) is 9.31. The van der Waals surface area contributed by atoms with Gasteiger partial charge in [0.15, 0.2) is 11.5 Å². The lowest BCUT2D eigenvalue weighted by Crippen LogP contribution is -2.11. The van der Waals surface area contributed by atoms with Gasteiger partial charge in [-0.25, -0.2) is 14.4 Å². The first kappa shape index (κ1) is 24.1.